The Balaban J connectivity index is -0.0000000428. The van der Waals surface area contributed by atoms with Gasteiger partial charge < -0.3 is 49.7 Å². The molecule has 4 N–H and O–H groups in total. The molecule has 99 valence electrons. The molecular formula is C8H22Cl2NO4Zn. The van der Waals surface area contributed by atoms with E-state index in [2.05, 4.69) is 21.1 Å². The molecule has 16 heavy (non-hydrogen) atoms. The van der Waals surface area contributed by atoms with Crippen molar-refractivity contribution in [3.63, 3.8) is 0 Å². The fraction of sp³-hybridized carbons (Fsp3) is 1.00. The van der Waals surface area contributed by atoms with Crippen LogP contribution < -0.4 is 24.8 Å². The Bertz CT molecular complexity index is 113. The molecule has 0 rings (SSSR count). The van der Waals surface area contributed by atoms with Gasteiger partial charge in [-0.25, -0.2) is 0 Å². The Morgan fingerprint density at radius 1 is 0.938 bits per heavy atom. The van der Waals surface area contributed by atoms with Crippen LogP contribution in [0, 0.1) is 0 Å². The second-order valence-electron chi connectivity index (χ2n) is 3.76. The summed E-state index contributed by atoms with van der Waals surface area (Å²) in [6.07, 6.45) is -0.954. The van der Waals surface area contributed by atoms with E-state index in [9.17, 15) is 0 Å². The molecule has 0 spiro atoms. The van der Waals surface area contributed by atoms with Crippen molar-refractivity contribution in [2.75, 3.05) is 47.5 Å². The zero-order valence-corrected chi connectivity index (χ0v) is 14.6. The summed E-state index contributed by atoms with van der Waals surface area (Å²) in [4.78, 5) is 0. The molecule has 0 fully saturated rings. The van der Waals surface area contributed by atoms with Gasteiger partial charge in [0.05, 0.1) is 41.0 Å². The number of quaternary nitrogens is 1. The summed E-state index contributed by atoms with van der Waals surface area (Å²) in [7, 11) is 6.16. The molecule has 0 heterocycles. The van der Waals surface area contributed by atoms with Gasteiger partial charge >= 0.3 is 19.5 Å². The van der Waals surface area contributed by atoms with E-state index in [1.54, 1.807) is 0 Å². The number of hydrogen-bond donors (Lipinski definition) is 4. The first-order chi connectivity index (χ1) is 5.87. The molecule has 0 saturated heterocycles. The summed E-state index contributed by atoms with van der Waals surface area (Å²) in [6, 6.07) is 0. The number of nitrogens with zero attached hydrogens (tertiary/aromatic N) is 1. The van der Waals surface area contributed by atoms with Crippen LogP contribution in [0.15, 0.2) is 0 Å². The van der Waals surface area contributed by atoms with Crippen LogP contribution in [0.1, 0.15) is 0 Å². The fourth-order valence-corrected chi connectivity index (χ4v) is 0.358. The van der Waals surface area contributed by atoms with Crippen LogP contribution in [0.5, 0.6) is 0 Å². The SMILES string of the molecule is C[N+](C)(C)CCO.OCC(O)CO.[Cl-].[Cl-].[Zn+]. The van der Waals surface area contributed by atoms with Gasteiger partial charge in [0.1, 0.15) is 12.6 Å². The molecule has 0 aliphatic carbocycles. The van der Waals surface area contributed by atoms with E-state index in [1.807, 2.05) is 0 Å². The maximum atomic E-state index is 8.39. The second-order valence-corrected chi connectivity index (χ2v) is 3.76. The molecule has 8 heteroatoms. The molecular weight excluding hydrogens is 310 g/mol. The summed E-state index contributed by atoms with van der Waals surface area (Å²) < 4.78 is 0.844. The number of rotatable bonds is 4. The van der Waals surface area contributed by atoms with E-state index in [1.165, 1.54) is 0 Å². The van der Waals surface area contributed by atoms with E-state index in [0.29, 0.717) is 0 Å². The van der Waals surface area contributed by atoms with Gasteiger partial charge in [0.2, 0.25) is 0 Å². The van der Waals surface area contributed by atoms with Gasteiger partial charge in [0, 0.05) is 0 Å². The van der Waals surface area contributed by atoms with E-state index in [4.69, 9.17) is 20.4 Å². The average molecular weight is 333 g/mol. The topological polar surface area (TPSA) is 80.9 Å². The van der Waals surface area contributed by atoms with Crippen molar-refractivity contribution in [2.24, 2.45) is 0 Å². The van der Waals surface area contributed by atoms with Gasteiger partial charge in [-0.1, -0.05) is 0 Å². The first-order valence-corrected chi connectivity index (χ1v) is 4.18. The molecule has 1 radical (unpaired) electrons. The van der Waals surface area contributed by atoms with Crippen molar-refractivity contribution >= 4 is 0 Å². The molecule has 0 aromatic rings. The Morgan fingerprint density at radius 3 is 1.25 bits per heavy atom. The van der Waals surface area contributed by atoms with Crippen molar-refractivity contribution in [2.45, 2.75) is 6.10 Å². The number of hydrogen-bond acceptors (Lipinski definition) is 4. The van der Waals surface area contributed by atoms with Crippen LogP contribution in [0.4, 0.5) is 0 Å². The van der Waals surface area contributed by atoms with Crippen molar-refractivity contribution < 1.29 is 69.2 Å². The number of likely N-dealkylation sites (N-methyl/N-ethyl adjacent to an activating group) is 1. The third-order valence-corrected chi connectivity index (χ3v) is 1.19. The first kappa shape index (κ1) is 30.2. The second kappa shape index (κ2) is 18.4. The van der Waals surface area contributed by atoms with Crippen LogP contribution in [-0.4, -0.2) is 78.5 Å². The predicted octanol–water partition coefficient (Wildman–Crippen LogP) is -7.98. The van der Waals surface area contributed by atoms with E-state index < -0.39 is 6.10 Å². The minimum atomic E-state index is -0.954. The number of aliphatic hydroxyl groups excluding tert-OH is 4. The van der Waals surface area contributed by atoms with Crippen LogP contribution >= 0.6 is 0 Å². The van der Waals surface area contributed by atoms with Crippen LogP contribution in [0.25, 0.3) is 0 Å². The normalized spacial score (nSPS) is 9.00. The Hall–Kier alpha value is 1.00. The van der Waals surface area contributed by atoms with Crippen molar-refractivity contribution in [1.82, 2.24) is 0 Å². The standard InChI is InChI=1S/C5H14NO.C3H8O3.2ClH.Zn/c1-6(2,3)4-5-7;4-1-3(6)2-5;;;/h7H,4-5H2,1-3H3;3-6H,1-2H2;2*1H;/q+1;;;;+1/p-2. The average Bonchev–Trinajstić information content (AvgIpc) is 2.02. The molecule has 0 unspecified atom stereocenters. The third kappa shape index (κ3) is 36.3. The molecule has 0 aliphatic heterocycles. The molecule has 0 amide bonds. The zero-order chi connectivity index (χ0) is 10.9. The Labute approximate surface area is 123 Å². The molecule has 0 atom stereocenters. The smallest absolute Gasteiger partial charge is 1.00 e. The number of halogens is 2. The van der Waals surface area contributed by atoms with Gasteiger partial charge in [-0.15, -0.1) is 0 Å². The molecule has 0 aromatic carbocycles. The third-order valence-electron chi connectivity index (χ3n) is 1.19. The van der Waals surface area contributed by atoms with Crippen molar-refractivity contribution in [3.05, 3.63) is 0 Å². The molecule has 0 saturated carbocycles. The van der Waals surface area contributed by atoms with Gasteiger partial charge in [0.15, 0.2) is 0 Å². The van der Waals surface area contributed by atoms with Crippen molar-refractivity contribution in [3.8, 4) is 0 Å². The summed E-state index contributed by atoms with van der Waals surface area (Å²) >= 11 is 0. The van der Waals surface area contributed by atoms with Crippen LogP contribution in [-0.2, 0) is 19.5 Å². The maximum absolute atomic E-state index is 8.39. The summed E-state index contributed by atoms with van der Waals surface area (Å²) in [5.74, 6) is 0. The first-order valence-electron chi connectivity index (χ1n) is 4.18. The van der Waals surface area contributed by atoms with Crippen molar-refractivity contribution in [1.29, 1.82) is 0 Å². The molecule has 0 bridgehead atoms. The van der Waals surface area contributed by atoms with Crippen LogP contribution in [0.2, 0.25) is 0 Å². The van der Waals surface area contributed by atoms with Gasteiger partial charge in [0.25, 0.3) is 0 Å². The maximum Gasteiger partial charge on any atom is 1.00 e. The minimum absolute atomic E-state index is 0. The van der Waals surface area contributed by atoms with Gasteiger partial charge in [-0.05, 0) is 0 Å². The summed E-state index contributed by atoms with van der Waals surface area (Å²) in [5.41, 5.74) is 0. The number of aliphatic hydroxyl groups is 4. The fourth-order valence-electron chi connectivity index (χ4n) is 0.358. The van der Waals surface area contributed by atoms with E-state index >= 15 is 0 Å². The van der Waals surface area contributed by atoms with Gasteiger partial charge in [-0.2, -0.15) is 0 Å². The van der Waals surface area contributed by atoms with E-state index in [-0.39, 0.29) is 64.1 Å². The molecule has 0 aliphatic rings. The Morgan fingerprint density at radius 2 is 1.25 bits per heavy atom. The predicted molar refractivity (Wildman–Crippen MR) is 50.2 cm³/mol. The molecule has 0 aromatic heterocycles. The van der Waals surface area contributed by atoms with Gasteiger partial charge in [-0.3, -0.25) is 0 Å². The monoisotopic (exact) mass is 330 g/mol. The van der Waals surface area contributed by atoms with Crippen LogP contribution in [0.3, 0.4) is 0 Å². The summed E-state index contributed by atoms with van der Waals surface area (Å²) in [5, 5.41) is 32.4. The summed E-state index contributed by atoms with van der Waals surface area (Å²) in [6.45, 7) is 0.385. The Kier molecular flexibility index (Phi) is 34.7. The minimum Gasteiger partial charge on any atom is -1.00 e. The van der Waals surface area contributed by atoms with E-state index in [0.717, 1.165) is 11.0 Å². The largest absolute Gasteiger partial charge is 1.00 e. The quantitative estimate of drug-likeness (QED) is 0.305. The zero-order valence-electron chi connectivity index (χ0n) is 10.1. The molecule has 5 nitrogen and oxygen atoms in total.